The lowest BCUT2D eigenvalue weighted by Crippen LogP contribution is -2.26. The van der Waals surface area contributed by atoms with E-state index in [-0.39, 0.29) is 12.0 Å². The maximum Gasteiger partial charge on any atom is 0.307 e. The first-order valence-corrected chi connectivity index (χ1v) is 5.01. The van der Waals surface area contributed by atoms with E-state index in [1.54, 1.807) is 6.92 Å². The van der Waals surface area contributed by atoms with Gasteiger partial charge < -0.3 is 10.5 Å². The molecule has 0 fully saturated rings. The van der Waals surface area contributed by atoms with Crippen LogP contribution in [0.25, 0.3) is 0 Å². The molecule has 0 aromatic heterocycles. The zero-order chi connectivity index (χ0) is 10.3. The van der Waals surface area contributed by atoms with Gasteiger partial charge in [0, 0.05) is 6.04 Å². The van der Waals surface area contributed by atoms with Gasteiger partial charge in [0.05, 0.1) is 13.0 Å². The van der Waals surface area contributed by atoms with Crippen LogP contribution >= 0.6 is 0 Å². The van der Waals surface area contributed by atoms with E-state index >= 15 is 0 Å². The summed E-state index contributed by atoms with van der Waals surface area (Å²) in [5, 5.41) is 0. The molecular weight excluding hydrogens is 166 g/mol. The average Bonchev–Trinajstić information content (AvgIpc) is 2.04. The Morgan fingerprint density at radius 1 is 1.46 bits per heavy atom. The summed E-state index contributed by atoms with van der Waals surface area (Å²) in [6.45, 7) is 6.51. The van der Waals surface area contributed by atoms with Crippen LogP contribution in [0.15, 0.2) is 0 Å². The Bertz CT molecular complexity index is 148. The van der Waals surface area contributed by atoms with Crippen LogP contribution in [-0.2, 0) is 9.53 Å². The fourth-order valence-electron chi connectivity index (χ4n) is 1.20. The minimum absolute atomic E-state index is 0.0472. The molecule has 0 aromatic rings. The number of carbonyl (C=O) groups is 1. The lowest BCUT2D eigenvalue weighted by atomic mass is 9.98. The van der Waals surface area contributed by atoms with Gasteiger partial charge in [-0.3, -0.25) is 4.79 Å². The van der Waals surface area contributed by atoms with E-state index in [1.165, 1.54) is 0 Å². The van der Waals surface area contributed by atoms with Crippen molar-refractivity contribution in [3.63, 3.8) is 0 Å². The van der Waals surface area contributed by atoms with E-state index in [0.717, 1.165) is 12.8 Å². The Kier molecular flexibility index (Phi) is 6.59. The summed E-state index contributed by atoms with van der Waals surface area (Å²) >= 11 is 0. The van der Waals surface area contributed by atoms with E-state index in [4.69, 9.17) is 10.5 Å². The number of nitrogens with two attached hydrogens (primary N) is 1. The first-order valence-electron chi connectivity index (χ1n) is 5.01. The summed E-state index contributed by atoms with van der Waals surface area (Å²) < 4.78 is 4.81. The Balaban J connectivity index is 3.60. The van der Waals surface area contributed by atoms with E-state index in [1.807, 2.05) is 0 Å². The Hall–Kier alpha value is -0.570. The molecule has 2 N–H and O–H groups in total. The van der Waals surface area contributed by atoms with Gasteiger partial charge in [0.15, 0.2) is 0 Å². The first-order chi connectivity index (χ1) is 6.10. The Morgan fingerprint density at radius 3 is 2.54 bits per heavy atom. The second kappa shape index (κ2) is 6.89. The van der Waals surface area contributed by atoms with Gasteiger partial charge >= 0.3 is 5.97 Å². The first kappa shape index (κ1) is 12.4. The molecule has 3 heteroatoms. The lowest BCUT2D eigenvalue weighted by Gasteiger charge is -2.14. The van der Waals surface area contributed by atoms with Crippen molar-refractivity contribution in [1.82, 2.24) is 0 Å². The van der Waals surface area contributed by atoms with Crippen LogP contribution in [0.4, 0.5) is 0 Å². The molecule has 0 unspecified atom stereocenters. The summed E-state index contributed by atoms with van der Waals surface area (Å²) in [7, 11) is 0. The van der Waals surface area contributed by atoms with E-state index in [2.05, 4.69) is 13.8 Å². The van der Waals surface area contributed by atoms with Gasteiger partial charge in [-0.05, 0) is 19.3 Å². The number of ether oxygens (including phenoxy) is 1. The van der Waals surface area contributed by atoms with Crippen molar-refractivity contribution < 1.29 is 9.53 Å². The number of hydrogen-bond donors (Lipinski definition) is 1. The summed E-state index contributed by atoms with van der Waals surface area (Å²) in [6.07, 6.45) is 2.35. The van der Waals surface area contributed by atoms with Gasteiger partial charge in [-0.25, -0.2) is 0 Å². The van der Waals surface area contributed by atoms with E-state index in [0.29, 0.717) is 18.9 Å². The van der Waals surface area contributed by atoms with Gasteiger partial charge in [-0.2, -0.15) is 0 Å². The second-order valence-corrected chi connectivity index (χ2v) is 3.52. The normalized spacial score (nSPS) is 15.1. The fourth-order valence-corrected chi connectivity index (χ4v) is 1.20. The second-order valence-electron chi connectivity index (χ2n) is 3.52. The van der Waals surface area contributed by atoms with E-state index < -0.39 is 0 Å². The third kappa shape index (κ3) is 6.58. The lowest BCUT2D eigenvalue weighted by molar-refractivity contribution is -0.143. The molecule has 0 aliphatic heterocycles. The molecule has 0 heterocycles. The largest absolute Gasteiger partial charge is 0.466 e. The monoisotopic (exact) mass is 187 g/mol. The van der Waals surface area contributed by atoms with Crippen molar-refractivity contribution in [1.29, 1.82) is 0 Å². The molecule has 0 spiro atoms. The quantitative estimate of drug-likeness (QED) is 0.644. The van der Waals surface area contributed by atoms with Crippen LogP contribution in [-0.4, -0.2) is 18.6 Å². The molecule has 0 saturated carbocycles. The minimum atomic E-state index is -0.182. The highest BCUT2D eigenvalue weighted by molar-refractivity contribution is 5.70. The number of hydrogen-bond acceptors (Lipinski definition) is 3. The number of esters is 1. The smallest absolute Gasteiger partial charge is 0.307 e. The minimum Gasteiger partial charge on any atom is -0.466 e. The van der Waals surface area contributed by atoms with Crippen LogP contribution in [0.2, 0.25) is 0 Å². The summed E-state index contributed by atoms with van der Waals surface area (Å²) in [6, 6.07) is -0.0472. The molecule has 0 aromatic carbocycles. The predicted molar refractivity (Wildman–Crippen MR) is 53.3 cm³/mol. The third-order valence-corrected chi connectivity index (χ3v) is 2.14. The highest BCUT2D eigenvalue weighted by atomic mass is 16.5. The predicted octanol–water partition coefficient (Wildman–Crippen LogP) is 1.70. The van der Waals surface area contributed by atoms with Crippen molar-refractivity contribution in [3.05, 3.63) is 0 Å². The van der Waals surface area contributed by atoms with Crippen molar-refractivity contribution in [3.8, 4) is 0 Å². The molecule has 2 atom stereocenters. The van der Waals surface area contributed by atoms with Crippen LogP contribution in [0.3, 0.4) is 0 Å². The maximum absolute atomic E-state index is 11.0. The van der Waals surface area contributed by atoms with Gasteiger partial charge in [0.2, 0.25) is 0 Å². The molecule has 0 aliphatic carbocycles. The van der Waals surface area contributed by atoms with Gasteiger partial charge in [-0.15, -0.1) is 0 Å². The fraction of sp³-hybridized carbons (Fsp3) is 0.900. The molecule has 0 saturated heterocycles. The topological polar surface area (TPSA) is 52.3 Å². The van der Waals surface area contributed by atoms with Crippen LogP contribution < -0.4 is 5.73 Å². The molecule has 13 heavy (non-hydrogen) atoms. The summed E-state index contributed by atoms with van der Waals surface area (Å²) in [4.78, 5) is 11.0. The molecule has 0 aliphatic rings. The molecule has 0 radical (unpaired) electrons. The maximum atomic E-state index is 11.0. The molecule has 0 amide bonds. The van der Waals surface area contributed by atoms with E-state index in [9.17, 15) is 4.79 Å². The van der Waals surface area contributed by atoms with Crippen molar-refractivity contribution in [2.75, 3.05) is 6.61 Å². The molecule has 0 rings (SSSR count). The zero-order valence-electron chi connectivity index (χ0n) is 8.88. The average molecular weight is 187 g/mol. The van der Waals surface area contributed by atoms with Crippen molar-refractivity contribution >= 4 is 5.97 Å². The van der Waals surface area contributed by atoms with Gasteiger partial charge in [0.25, 0.3) is 0 Å². The standard InChI is InChI=1S/C10H21NO2/c1-4-8(3)6-9(11)7-10(12)13-5-2/h8-9H,4-7,11H2,1-3H3/t8-,9+/m1/s1. The van der Waals surface area contributed by atoms with Crippen LogP contribution in [0.5, 0.6) is 0 Å². The molecule has 3 nitrogen and oxygen atoms in total. The highest BCUT2D eigenvalue weighted by Gasteiger charge is 2.12. The summed E-state index contributed by atoms with van der Waals surface area (Å²) in [5.74, 6) is 0.405. The van der Waals surface area contributed by atoms with Crippen molar-refractivity contribution in [2.24, 2.45) is 11.7 Å². The third-order valence-electron chi connectivity index (χ3n) is 2.14. The van der Waals surface area contributed by atoms with Crippen molar-refractivity contribution in [2.45, 2.75) is 46.1 Å². The SMILES string of the molecule is CCOC(=O)C[C@@H](N)C[C@H](C)CC. The van der Waals surface area contributed by atoms with Gasteiger partial charge in [-0.1, -0.05) is 20.3 Å². The molecule has 0 bridgehead atoms. The molecular formula is C10H21NO2. The Labute approximate surface area is 80.6 Å². The Morgan fingerprint density at radius 2 is 2.08 bits per heavy atom. The number of carbonyl (C=O) groups excluding carboxylic acids is 1. The highest BCUT2D eigenvalue weighted by Crippen LogP contribution is 2.10. The summed E-state index contributed by atoms with van der Waals surface area (Å²) in [5.41, 5.74) is 5.78. The number of rotatable bonds is 6. The van der Waals surface area contributed by atoms with Crippen LogP contribution in [0.1, 0.15) is 40.0 Å². The van der Waals surface area contributed by atoms with Gasteiger partial charge in [0.1, 0.15) is 0 Å². The van der Waals surface area contributed by atoms with Crippen LogP contribution in [0, 0.1) is 5.92 Å². The zero-order valence-corrected chi connectivity index (χ0v) is 8.88. The molecule has 78 valence electrons.